The zero-order valence-corrected chi connectivity index (χ0v) is 11.8. The summed E-state index contributed by atoms with van der Waals surface area (Å²) in [5, 5.41) is 3.39. The Kier molecular flexibility index (Phi) is 2.88. The van der Waals surface area contributed by atoms with Crippen LogP contribution in [0.4, 0.5) is 8.78 Å². The lowest BCUT2D eigenvalue weighted by molar-refractivity contribution is 0.373. The molecule has 1 N–H and O–H groups in total. The molecule has 1 aromatic rings. The summed E-state index contributed by atoms with van der Waals surface area (Å²) in [6.45, 7) is 0. The Morgan fingerprint density at radius 1 is 1.20 bits per heavy atom. The largest absolute Gasteiger partial charge is 0.316 e. The minimum atomic E-state index is -0.492. The molecular formula is C17H21F2N. The van der Waals surface area contributed by atoms with Crippen LogP contribution in [0.2, 0.25) is 0 Å². The van der Waals surface area contributed by atoms with Crippen LogP contribution in [-0.2, 0) is 6.42 Å². The monoisotopic (exact) mass is 277 g/mol. The molecule has 1 aromatic carbocycles. The van der Waals surface area contributed by atoms with Crippen molar-refractivity contribution in [1.82, 2.24) is 5.32 Å². The van der Waals surface area contributed by atoms with Crippen LogP contribution in [0, 0.1) is 41.2 Å². The second-order valence-corrected chi connectivity index (χ2v) is 6.90. The zero-order valence-electron chi connectivity index (χ0n) is 11.8. The molecule has 3 aliphatic carbocycles. The van der Waals surface area contributed by atoms with Crippen molar-refractivity contribution in [3.05, 3.63) is 35.4 Å². The summed E-state index contributed by atoms with van der Waals surface area (Å²) in [7, 11) is 1.97. The van der Waals surface area contributed by atoms with Gasteiger partial charge >= 0.3 is 0 Å². The van der Waals surface area contributed by atoms with Gasteiger partial charge in [0.2, 0.25) is 0 Å². The molecule has 0 spiro atoms. The molecular weight excluding hydrogens is 256 g/mol. The van der Waals surface area contributed by atoms with Crippen molar-refractivity contribution in [2.24, 2.45) is 29.6 Å². The lowest BCUT2D eigenvalue weighted by atomic mass is 9.93. The van der Waals surface area contributed by atoms with Gasteiger partial charge in [0.1, 0.15) is 11.6 Å². The number of halogens is 2. The molecule has 108 valence electrons. The highest BCUT2D eigenvalue weighted by atomic mass is 19.1. The normalized spacial score (nSPS) is 38.9. The lowest BCUT2D eigenvalue weighted by Gasteiger charge is -2.20. The van der Waals surface area contributed by atoms with Gasteiger partial charge in [0.05, 0.1) is 0 Å². The van der Waals surface area contributed by atoms with Gasteiger partial charge in [0, 0.05) is 12.1 Å². The highest BCUT2D eigenvalue weighted by Gasteiger charge is 2.66. The first-order valence-corrected chi connectivity index (χ1v) is 7.80. The van der Waals surface area contributed by atoms with Crippen LogP contribution >= 0.6 is 0 Å². The average molecular weight is 277 g/mol. The summed E-state index contributed by atoms with van der Waals surface area (Å²) in [5.74, 6) is 3.46. The third-order valence-electron chi connectivity index (χ3n) is 6.09. The third kappa shape index (κ3) is 1.82. The van der Waals surface area contributed by atoms with E-state index in [1.165, 1.54) is 25.3 Å². The van der Waals surface area contributed by atoms with Crippen LogP contribution in [-0.4, -0.2) is 13.1 Å². The molecule has 0 amide bonds. The zero-order chi connectivity index (χ0) is 13.9. The van der Waals surface area contributed by atoms with Crippen LogP contribution in [0.1, 0.15) is 24.8 Å². The first-order chi connectivity index (χ1) is 9.69. The molecule has 3 saturated carbocycles. The maximum Gasteiger partial charge on any atom is 0.129 e. The smallest absolute Gasteiger partial charge is 0.129 e. The topological polar surface area (TPSA) is 12.0 Å². The van der Waals surface area contributed by atoms with Gasteiger partial charge in [-0.15, -0.1) is 0 Å². The standard InChI is InChI=1S/C17H21F2N/c1-20-14(7-9-4-5-12(18)8-13(9)19)17-15-10-2-3-11(6-10)16(15)17/h4-5,8,10-11,14-17,20H,2-3,6-7H2,1H3. The molecule has 5 unspecified atom stereocenters. The minimum absolute atomic E-state index is 0.341. The van der Waals surface area contributed by atoms with Crippen molar-refractivity contribution in [2.75, 3.05) is 7.05 Å². The van der Waals surface area contributed by atoms with E-state index in [9.17, 15) is 8.78 Å². The van der Waals surface area contributed by atoms with Crippen molar-refractivity contribution in [3.63, 3.8) is 0 Å². The van der Waals surface area contributed by atoms with Crippen LogP contribution < -0.4 is 5.32 Å². The SMILES string of the molecule is CNC(Cc1ccc(F)cc1F)C1C2C3CCC(C3)C21. The molecule has 0 radical (unpaired) electrons. The number of rotatable bonds is 4. The molecule has 20 heavy (non-hydrogen) atoms. The molecule has 0 saturated heterocycles. The Bertz CT molecular complexity index is 514. The van der Waals surface area contributed by atoms with Gasteiger partial charge in [-0.05, 0) is 74.0 Å². The molecule has 1 nitrogen and oxygen atoms in total. The molecule has 0 heterocycles. The van der Waals surface area contributed by atoms with Gasteiger partial charge < -0.3 is 5.32 Å². The van der Waals surface area contributed by atoms with Crippen LogP contribution in [0.15, 0.2) is 18.2 Å². The number of hydrogen-bond acceptors (Lipinski definition) is 1. The van der Waals surface area contributed by atoms with E-state index in [0.717, 1.165) is 35.7 Å². The molecule has 0 aromatic heterocycles. The molecule has 5 atom stereocenters. The van der Waals surface area contributed by atoms with Gasteiger partial charge in [-0.2, -0.15) is 0 Å². The van der Waals surface area contributed by atoms with Gasteiger partial charge in [0.15, 0.2) is 0 Å². The Hall–Kier alpha value is -0.960. The van der Waals surface area contributed by atoms with E-state index < -0.39 is 11.6 Å². The van der Waals surface area contributed by atoms with Gasteiger partial charge in [-0.1, -0.05) is 6.07 Å². The van der Waals surface area contributed by atoms with Crippen molar-refractivity contribution in [1.29, 1.82) is 0 Å². The summed E-state index contributed by atoms with van der Waals surface area (Å²) in [6.07, 6.45) is 4.93. The van der Waals surface area contributed by atoms with E-state index in [2.05, 4.69) is 5.32 Å². The van der Waals surface area contributed by atoms with Crippen molar-refractivity contribution in [2.45, 2.75) is 31.7 Å². The van der Waals surface area contributed by atoms with Crippen molar-refractivity contribution >= 4 is 0 Å². The van der Waals surface area contributed by atoms with Gasteiger partial charge in [-0.25, -0.2) is 8.78 Å². The summed E-state index contributed by atoms with van der Waals surface area (Å²) in [6, 6.07) is 4.30. The summed E-state index contributed by atoms with van der Waals surface area (Å²) >= 11 is 0. The Labute approximate surface area is 118 Å². The summed E-state index contributed by atoms with van der Waals surface area (Å²) < 4.78 is 26.8. The van der Waals surface area contributed by atoms with E-state index in [0.29, 0.717) is 18.0 Å². The maximum absolute atomic E-state index is 13.8. The minimum Gasteiger partial charge on any atom is -0.316 e. The molecule has 4 rings (SSSR count). The van der Waals surface area contributed by atoms with E-state index in [-0.39, 0.29) is 0 Å². The Balaban J connectivity index is 1.50. The molecule has 3 heteroatoms. The molecule has 0 aliphatic heterocycles. The second-order valence-electron chi connectivity index (χ2n) is 6.90. The van der Waals surface area contributed by atoms with Gasteiger partial charge in [-0.3, -0.25) is 0 Å². The number of benzene rings is 1. The molecule has 2 bridgehead atoms. The summed E-state index contributed by atoms with van der Waals surface area (Å²) in [5.41, 5.74) is 0.642. The van der Waals surface area contributed by atoms with Crippen molar-refractivity contribution < 1.29 is 8.78 Å². The highest BCUT2D eigenvalue weighted by molar-refractivity contribution is 5.23. The Morgan fingerprint density at radius 3 is 2.50 bits per heavy atom. The predicted molar refractivity (Wildman–Crippen MR) is 74.2 cm³/mol. The van der Waals surface area contributed by atoms with Crippen LogP contribution in [0.3, 0.4) is 0 Å². The fourth-order valence-electron chi connectivity index (χ4n) is 5.29. The van der Waals surface area contributed by atoms with Crippen LogP contribution in [0.25, 0.3) is 0 Å². The van der Waals surface area contributed by atoms with E-state index in [4.69, 9.17) is 0 Å². The summed E-state index contributed by atoms with van der Waals surface area (Å²) in [4.78, 5) is 0. The van der Waals surface area contributed by atoms with E-state index in [1.807, 2.05) is 7.05 Å². The van der Waals surface area contributed by atoms with Crippen LogP contribution in [0.5, 0.6) is 0 Å². The fourth-order valence-corrected chi connectivity index (χ4v) is 5.29. The number of fused-ring (bicyclic) bond motifs is 5. The van der Waals surface area contributed by atoms with E-state index >= 15 is 0 Å². The lowest BCUT2D eigenvalue weighted by Crippen LogP contribution is -2.32. The first kappa shape index (κ1) is 12.8. The predicted octanol–water partition coefficient (Wildman–Crippen LogP) is 3.39. The van der Waals surface area contributed by atoms with E-state index in [1.54, 1.807) is 6.07 Å². The maximum atomic E-state index is 13.8. The highest BCUT2D eigenvalue weighted by Crippen LogP contribution is 2.70. The number of nitrogens with one attached hydrogen (secondary N) is 1. The van der Waals surface area contributed by atoms with Crippen molar-refractivity contribution in [3.8, 4) is 0 Å². The quantitative estimate of drug-likeness (QED) is 0.889. The molecule has 3 fully saturated rings. The second kappa shape index (κ2) is 4.52. The number of hydrogen-bond donors (Lipinski definition) is 1. The van der Waals surface area contributed by atoms with Gasteiger partial charge in [0.25, 0.3) is 0 Å². The fraction of sp³-hybridized carbons (Fsp3) is 0.647. The first-order valence-electron chi connectivity index (χ1n) is 7.80. The third-order valence-corrected chi connectivity index (χ3v) is 6.09. The number of likely N-dealkylation sites (N-methyl/N-ethyl adjacent to an activating group) is 1. The Morgan fingerprint density at radius 2 is 1.90 bits per heavy atom. The average Bonchev–Trinajstić information content (AvgIpc) is 2.86. The molecule has 3 aliphatic rings.